The molecule has 4 nitrogen and oxygen atoms in total. The lowest BCUT2D eigenvalue weighted by molar-refractivity contribution is 0.0412. The van der Waals surface area contributed by atoms with Crippen molar-refractivity contribution in [2.24, 2.45) is 46.3 Å². The van der Waals surface area contributed by atoms with E-state index >= 15 is 0 Å². The molecule has 0 amide bonds. The molecule has 0 radical (unpaired) electrons. The van der Waals surface area contributed by atoms with Crippen LogP contribution >= 0.6 is 0 Å². The number of hydrogen-bond acceptors (Lipinski definition) is 4. The molecule has 5 aliphatic rings. The highest BCUT2D eigenvalue weighted by Gasteiger charge is 2.84. The van der Waals surface area contributed by atoms with Crippen LogP contribution < -0.4 is 10.7 Å². The van der Waals surface area contributed by atoms with Crippen molar-refractivity contribution in [3.8, 4) is 6.07 Å². The first kappa shape index (κ1) is 29.7. The van der Waals surface area contributed by atoms with E-state index in [-0.39, 0.29) is 0 Å². The summed E-state index contributed by atoms with van der Waals surface area (Å²) in [7, 11) is 0. The molecule has 0 bridgehead atoms. The summed E-state index contributed by atoms with van der Waals surface area (Å²) in [5.74, 6) is 4.94. The van der Waals surface area contributed by atoms with Gasteiger partial charge in [0.05, 0.1) is 18.3 Å². The predicted octanol–water partition coefficient (Wildman–Crippen LogP) is 8.56. The van der Waals surface area contributed by atoms with Crippen LogP contribution in [0.15, 0.2) is 49.7 Å². The van der Waals surface area contributed by atoms with Gasteiger partial charge in [-0.15, -0.1) is 0 Å². The third kappa shape index (κ3) is 4.53. The normalized spacial score (nSPS) is 38.2. The van der Waals surface area contributed by atoms with Gasteiger partial charge in [-0.05, 0) is 127 Å². The molecular formula is C38H54N4. The molecule has 1 aromatic rings. The van der Waals surface area contributed by atoms with Crippen LogP contribution in [0.5, 0.6) is 0 Å². The summed E-state index contributed by atoms with van der Waals surface area (Å²) in [6.07, 6.45) is 19.6. The molecule has 0 aliphatic heterocycles. The van der Waals surface area contributed by atoms with Crippen molar-refractivity contribution in [1.29, 1.82) is 5.26 Å². The second-order valence-electron chi connectivity index (χ2n) is 14.4. The van der Waals surface area contributed by atoms with Crippen molar-refractivity contribution in [1.82, 2.24) is 15.8 Å². The summed E-state index contributed by atoms with van der Waals surface area (Å²) in [5.41, 5.74) is 9.56. The van der Waals surface area contributed by atoms with Gasteiger partial charge in [-0.1, -0.05) is 77.1 Å². The average molecular weight is 567 g/mol. The molecule has 226 valence electrons. The fourth-order valence-corrected chi connectivity index (χ4v) is 11.6. The van der Waals surface area contributed by atoms with Crippen LogP contribution in [0.3, 0.4) is 0 Å². The van der Waals surface area contributed by atoms with Crippen LogP contribution in [0.1, 0.15) is 103 Å². The van der Waals surface area contributed by atoms with Gasteiger partial charge < -0.3 is 5.32 Å². The Morgan fingerprint density at radius 1 is 1.07 bits per heavy atom. The van der Waals surface area contributed by atoms with Crippen molar-refractivity contribution >= 4 is 11.1 Å². The van der Waals surface area contributed by atoms with Crippen molar-refractivity contribution in [3.05, 3.63) is 60.8 Å². The SMILES string of the molecule is C=CNCN(CCC)NC1CCCC1C1CCC2C34CC=C(c5ccc(C(=C)C#N)cc5)C(C)C3CCC24C1CCC. The van der Waals surface area contributed by atoms with E-state index in [2.05, 4.69) is 86.1 Å². The van der Waals surface area contributed by atoms with Crippen LogP contribution in [-0.2, 0) is 0 Å². The summed E-state index contributed by atoms with van der Waals surface area (Å²) in [6.45, 7) is 16.9. The Kier molecular flexibility index (Phi) is 8.47. The van der Waals surface area contributed by atoms with E-state index < -0.39 is 0 Å². The van der Waals surface area contributed by atoms with Crippen LogP contribution in [0.2, 0.25) is 0 Å². The standard InChI is InChI=1S/C38H54N4/c1-6-10-34-31(32-11-9-12-35(32)41-42(23-7-2)25-40-8-3)17-18-36-37-21-19-30(27(5)33(37)20-22-38(34,36)37)29-15-13-28(14-16-29)26(4)24-39/h8,13-16,19,27,31-36,40-41H,3-4,6-7,9-12,17-18,20-23,25H2,1-2,5H3. The molecule has 5 aliphatic carbocycles. The molecule has 0 aromatic heterocycles. The monoisotopic (exact) mass is 566 g/mol. The molecule has 1 aromatic carbocycles. The van der Waals surface area contributed by atoms with Crippen molar-refractivity contribution < 1.29 is 0 Å². The van der Waals surface area contributed by atoms with Gasteiger partial charge in [-0.2, -0.15) is 5.26 Å². The highest BCUT2D eigenvalue weighted by Crippen LogP contribution is 2.90. The summed E-state index contributed by atoms with van der Waals surface area (Å²) in [5, 5.41) is 15.0. The van der Waals surface area contributed by atoms with Gasteiger partial charge in [0.1, 0.15) is 0 Å². The van der Waals surface area contributed by atoms with E-state index in [0.717, 1.165) is 54.8 Å². The summed E-state index contributed by atoms with van der Waals surface area (Å²) in [6, 6.07) is 11.5. The number of hydrogen-bond donors (Lipinski definition) is 2. The van der Waals surface area contributed by atoms with E-state index in [0.29, 0.717) is 28.4 Å². The van der Waals surface area contributed by atoms with Crippen LogP contribution in [0.25, 0.3) is 11.1 Å². The summed E-state index contributed by atoms with van der Waals surface area (Å²) in [4.78, 5) is 0. The van der Waals surface area contributed by atoms with E-state index in [1.165, 1.54) is 69.8 Å². The largest absolute Gasteiger partial charge is 0.378 e. The molecule has 0 heterocycles. The molecule has 4 saturated carbocycles. The molecule has 4 heteroatoms. The zero-order valence-electron chi connectivity index (χ0n) is 26.5. The van der Waals surface area contributed by atoms with Crippen LogP contribution in [-0.4, -0.2) is 24.3 Å². The first-order valence-electron chi connectivity index (χ1n) is 17.2. The zero-order valence-corrected chi connectivity index (χ0v) is 26.5. The van der Waals surface area contributed by atoms with E-state index in [4.69, 9.17) is 0 Å². The number of rotatable bonds is 12. The van der Waals surface area contributed by atoms with E-state index in [1.807, 2.05) is 6.20 Å². The minimum absolute atomic E-state index is 0.545. The van der Waals surface area contributed by atoms with Gasteiger partial charge in [0.25, 0.3) is 0 Å². The molecule has 42 heavy (non-hydrogen) atoms. The number of allylic oxidation sites excluding steroid dienone is 3. The molecule has 0 saturated heterocycles. The fraction of sp³-hybridized carbons (Fsp3) is 0.658. The maximum absolute atomic E-state index is 9.27. The molecule has 9 unspecified atom stereocenters. The lowest BCUT2D eigenvalue weighted by atomic mass is 9.62. The topological polar surface area (TPSA) is 51.1 Å². The Morgan fingerprint density at radius 2 is 1.88 bits per heavy atom. The highest BCUT2D eigenvalue weighted by molar-refractivity contribution is 5.77. The average Bonchev–Trinajstić information content (AvgIpc) is 3.27. The third-order valence-electron chi connectivity index (χ3n) is 13.0. The lowest BCUT2D eigenvalue weighted by Gasteiger charge is -2.44. The van der Waals surface area contributed by atoms with Gasteiger partial charge in [0.2, 0.25) is 0 Å². The Hall–Kier alpha value is -2.35. The van der Waals surface area contributed by atoms with Gasteiger partial charge >= 0.3 is 0 Å². The second-order valence-corrected chi connectivity index (χ2v) is 14.4. The van der Waals surface area contributed by atoms with E-state index in [1.54, 1.807) is 5.57 Å². The fourth-order valence-electron chi connectivity index (χ4n) is 11.6. The summed E-state index contributed by atoms with van der Waals surface area (Å²) < 4.78 is 0. The lowest BCUT2D eigenvalue weighted by Crippen LogP contribution is -2.51. The first-order valence-corrected chi connectivity index (χ1v) is 17.2. The molecule has 6 rings (SSSR count). The van der Waals surface area contributed by atoms with Crippen molar-refractivity contribution in [3.63, 3.8) is 0 Å². The number of nitriles is 1. The number of nitrogens with one attached hydrogen (secondary N) is 2. The van der Waals surface area contributed by atoms with Crippen molar-refractivity contribution in [2.45, 2.75) is 97.4 Å². The maximum Gasteiger partial charge on any atom is 0.0991 e. The minimum Gasteiger partial charge on any atom is -0.378 e. The van der Waals surface area contributed by atoms with Gasteiger partial charge in [-0.25, -0.2) is 5.01 Å². The number of benzene rings is 1. The molecular weight excluding hydrogens is 512 g/mol. The zero-order chi connectivity index (χ0) is 29.5. The Morgan fingerprint density at radius 3 is 2.60 bits per heavy atom. The quantitative estimate of drug-likeness (QED) is 0.151. The van der Waals surface area contributed by atoms with Crippen LogP contribution in [0.4, 0.5) is 0 Å². The Balaban J connectivity index is 1.24. The second kappa shape index (κ2) is 12.0. The number of nitrogens with zero attached hydrogens (tertiary/aromatic N) is 2. The summed E-state index contributed by atoms with van der Waals surface area (Å²) >= 11 is 0. The Bertz CT molecular complexity index is 1220. The smallest absolute Gasteiger partial charge is 0.0991 e. The third-order valence-corrected chi connectivity index (χ3v) is 13.0. The Labute approximate surface area is 255 Å². The van der Waals surface area contributed by atoms with E-state index in [9.17, 15) is 5.26 Å². The highest BCUT2D eigenvalue weighted by atomic mass is 15.5. The van der Waals surface area contributed by atoms with Gasteiger partial charge in [0.15, 0.2) is 0 Å². The minimum atomic E-state index is 0.545. The van der Waals surface area contributed by atoms with Crippen molar-refractivity contribution in [2.75, 3.05) is 13.2 Å². The molecule has 2 N–H and O–H groups in total. The van der Waals surface area contributed by atoms with Crippen LogP contribution in [0, 0.1) is 57.7 Å². The van der Waals surface area contributed by atoms with Gasteiger partial charge in [0, 0.05) is 12.6 Å². The predicted molar refractivity (Wildman–Crippen MR) is 175 cm³/mol. The van der Waals surface area contributed by atoms with Gasteiger partial charge in [-0.3, -0.25) is 5.43 Å². The number of hydrazine groups is 1. The molecule has 2 spiro atoms. The molecule has 4 fully saturated rings. The molecule has 9 atom stereocenters. The maximum atomic E-state index is 9.27. The first-order chi connectivity index (χ1) is 20.5.